The summed E-state index contributed by atoms with van der Waals surface area (Å²) < 4.78 is 0. The molecule has 1 saturated carbocycles. The van der Waals surface area contributed by atoms with Gasteiger partial charge in [-0.1, -0.05) is 0 Å². The Morgan fingerprint density at radius 3 is 2.93 bits per heavy atom. The number of aliphatic hydroxyl groups is 1. The molecule has 1 heterocycles. The molecule has 0 radical (unpaired) electrons. The second-order valence-corrected chi connectivity index (χ2v) is 4.15. The van der Waals surface area contributed by atoms with Crippen LogP contribution in [0.15, 0.2) is 10.9 Å². The molecule has 0 atom stereocenters. The van der Waals surface area contributed by atoms with Crippen LogP contribution >= 0.6 is 0 Å². The lowest BCUT2D eigenvalue weighted by atomic mass is 9.80. The van der Waals surface area contributed by atoms with Crippen LogP contribution in [0.5, 0.6) is 0 Å². The van der Waals surface area contributed by atoms with E-state index in [-0.39, 0.29) is 5.56 Å². The van der Waals surface area contributed by atoms with Crippen LogP contribution in [-0.2, 0) is 0 Å². The first-order valence-electron chi connectivity index (χ1n) is 5.12. The second-order valence-electron chi connectivity index (χ2n) is 4.15. The van der Waals surface area contributed by atoms with Crippen LogP contribution in [0.25, 0.3) is 0 Å². The number of nitrogens with zero attached hydrogens (tertiary/aromatic N) is 1. The highest BCUT2D eigenvalue weighted by Gasteiger charge is 2.33. The van der Waals surface area contributed by atoms with Gasteiger partial charge in [-0.2, -0.15) is 0 Å². The van der Waals surface area contributed by atoms with Crippen molar-refractivity contribution in [3.63, 3.8) is 0 Å². The van der Waals surface area contributed by atoms with E-state index in [0.717, 1.165) is 19.3 Å². The van der Waals surface area contributed by atoms with Gasteiger partial charge in [0.15, 0.2) is 0 Å². The molecule has 1 fully saturated rings. The molecule has 82 valence electrons. The van der Waals surface area contributed by atoms with Gasteiger partial charge in [0.05, 0.1) is 5.60 Å². The molecule has 1 aliphatic rings. The minimum atomic E-state index is -0.599. The Morgan fingerprint density at radius 2 is 2.40 bits per heavy atom. The maximum atomic E-state index is 11.1. The van der Waals surface area contributed by atoms with Crippen molar-refractivity contribution in [2.75, 3.05) is 11.9 Å². The van der Waals surface area contributed by atoms with Crippen LogP contribution in [0, 0.1) is 6.92 Å². The van der Waals surface area contributed by atoms with Crippen LogP contribution in [0.4, 0.5) is 5.82 Å². The Hall–Kier alpha value is -1.36. The van der Waals surface area contributed by atoms with Gasteiger partial charge in [0.25, 0.3) is 5.56 Å². The van der Waals surface area contributed by atoms with Gasteiger partial charge in [-0.15, -0.1) is 0 Å². The molecular weight excluding hydrogens is 194 g/mol. The second kappa shape index (κ2) is 3.66. The lowest BCUT2D eigenvalue weighted by Crippen LogP contribution is -2.43. The van der Waals surface area contributed by atoms with E-state index in [1.54, 1.807) is 6.92 Å². The van der Waals surface area contributed by atoms with Crippen LogP contribution in [0.2, 0.25) is 0 Å². The summed E-state index contributed by atoms with van der Waals surface area (Å²) >= 11 is 0. The molecule has 0 bridgehead atoms. The van der Waals surface area contributed by atoms with Gasteiger partial charge in [-0.05, 0) is 26.2 Å². The summed E-state index contributed by atoms with van der Waals surface area (Å²) in [6.07, 6.45) is 2.71. The zero-order valence-electron chi connectivity index (χ0n) is 8.71. The van der Waals surface area contributed by atoms with Gasteiger partial charge in [0.2, 0.25) is 0 Å². The molecule has 5 nitrogen and oxygen atoms in total. The minimum absolute atomic E-state index is 0.175. The number of hydrogen-bond donors (Lipinski definition) is 3. The van der Waals surface area contributed by atoms with Crippen molar-refractivity contribution in [1.82, 2.24) is 9.97 Å². The van der Waals surface area contributed by atoms with Crippen molar-refractivity contribution in [3.8, 4) is 0 Å². The zero-order valence-corrected chi connectivity index (χ0v) is 8.71. The monoisotopic (exact) mass is 209 g/mol. The van der Waals surface area contributed by atoms with E-state index in [9.17, 15) is 9.90 Å². The first-order valence-corrected chi connectivity index (χ1v) is 5.12. The van der Waals surface area contributed by atoms with Gasteiger partial charge < -0.3 is 15.4 Å². The fourth-order valence-electron chi connectivity index (χ4n) is 1.69. The number of H-pyrrole nitrogens is 1. The zero-order chi connectivity index (χ0) is 10.9. The number of nitrogens with one attached hydrogen (secondary N) is 2. The number of aromatic amines is 1. The van der Waals surface area contributed by atoms with Crippen LogP contribution < -0.4 is 10.9 Å². The summed E-state index contributed by atoms with van der Waals surface area (Å²) in [5.74, 6) is 1.10. The normalized spacial score (nSPS) is 18.3. The van der Waals surface area contributed by atoms with Crippen molar-refractivity contribution < 1.29 is 5.11 Å². The third kappa shape index (κ3) is 2.36. The van der Waals surface area contributed by atoms with E-state index in [1.165, 1.54) is 6.07 Å². The molecule has 1 aliphatic carbocycles. The summed E-state index contributed by atoms with van der Waals surface area (Å²) in [5, 5.41) is 12.8. The number of hydrogen-bond acceptors (Lipinski definition) is 4. The molecule has 1 aromatic heterocycles. The van der Waals surface area contributed by atoms with Gasteiger partial charge in [-0.25, -0.2) is 4.98 Å². The summed E-state index contributed by atoms with van der Waals surface area (Å²) in [6, 6.07) is 1.40. The molecule has 0 spiro atoms. The lowest BCUT2D eigenvalue weighted by Gasteiger charge is -2.36. The highest BCUT2D eigenvalue weighted by Crippen LogP contribution is 2.31. The molecule has 0 aromatic carbocycles. The third-order valence-electron chi connectivity index (χ3n) is 2.74. The van der Waals surface area contributed by atoms with Crippen LogP contribution in [-0.4, -0.2) is 27.2 Å². The number of anilines is 1. The van der Waals surface area contributed by atoms with Crippen molar-refractivity contribution in [2.24, 2.45) is 0 Å². The van der Waals surface area contributed by atoms with Crippen LogP contribution in [0.3, 0.4) is 0 Å². The predicted octanol–water partition coefficient (Wildman–Crippen LogP) is 0.405. The SMILES string of the molecule is Cc1nc(NCC2(O)CCC2)cc(=O)[nH]1. The molecule has 0 amide bonds. The maximum absolute atomic E-state index is 11.1. The largest absolute Gasteiger partial charge is 0.388 e. The standard InChI is InChI=1S/C10H15N3O2/c1-7-12-8(5-9(14)13-7)11-6-10(15)3-2-4-10/h5,15H,2-4,6H2,1H3,(H2,11,12,13,14). The molecular formula is C10H15N3O2. The smallest absolute Gasteiger partial charge is 0.252 e. The number of aromatic nitrogens is 2. The average Bonchev–Trinajstić information content (AvgIpc) is 2.10. The van der Waals surface area contributed by atoms with Gasteiger partial charge in [0.1, 0.15) is 11.6 Å². The average molecular weight is 209 g/mol. The van der Waals surface area contributed by atoms with E-state index in [2.05, 4.69) is 15.3 Å². The lowest BCUT2D eigenvalue weighted by molar-refractivity contribution is -0.0202. The fraction of sp³-hybridized carbons (Fsp3) is 0.600. The summed E-state index contributed by atoms with van der Waals surface area (Å²) in [4.78, 5) is 17.8. The van der Waals surface area contributed by atoms with E-state index in [4.69, 9.17) is 0 Å². The van der Waals surface area contributed by atoms with Gasteiger partial charge in [-0.3, -0.25) is 4.79 Å². The number of rotatable bonds is 3. The Morgan fingerprint density at radius 1 is 1.67 bits per heavy atom. The molecule has 0 aliphatic heterocycles. The summed E-state index contributed by atoms with van der Waals surface area (Å²) in [6.45, 7) is 2.19. The predicted molar refractivity (Wildman–Crippen MR) is 56.9 cm³/mol. The molecule has 0 saturated heterocycles. The summed E-state index contributed by atoms with van der Waals surface area (Å²) in [7, 11) is 0. The Bertz CT molecular complexity index is 409. The van der Waals surface area contributed by atoms with E-state index < -0.39 is 5.60 Å². The molecule has 15 heavy (non-hydrogen) atoms. The van der Waals surface area contributed by atoms with E-state index in [0.29, 0.717) is 18.2 Å². The first-order chi connectivity index (χ1) is 7.07. The van der Waals surface area contributed by atoms with Crippen LogP contribution in [0.1, 0.15) is 25.1 Å². The van der Waals surface area contributed by atoms with Crippen molar-refractivity contribution >= 4 is 5.82 Å². The third-order valence-corrected chi connectivity index (χ3v) is 2.74. The molecule has 2 rings (SSSR count). The van der Waals surface area contributed by atoms with Crippen molar-refractivity contribution in [2.45, 2.75) is 31.8 Å². The number of aryl methyl sites for hydroxylation is 1. The van der Waals surface area contributed by atoms with Gasteiger partial charge in [0, 0.05) is 12.6 Å². The fourth-order valence-corrected chi connectivity index (χ4v) is 1.69. The van der Waals surface area contributed by atoms with E-state index in [1.807, 2.05) is 0 Å². The maximum Gasteiger partial charge on any atom is 0.252 e. The summed E-state index contributed by atoms with van der Waals surface area (Å²) in [5.41, 5.74) is -0.774. The Balaban J connectivity index is 2.01. The van der Waals surface area contributed by atoms with Crippen molar-refractivity contribution in [1.29, 1.82) is 0 Å². The highest BCUT2D eigenvalue weighted by atomic mass is 16.3. The first kappa shape index (κ1) is 10.2. The van der Waals surface area contributed by atoms with Gasteiger partial charge >= 0.3 is 0 Å². The topological polar surface area (TPSA) is 78.0 Å². The minimum Gasteiger partial charge on any atom is -0.388 e. The Kier molecular flexibility index (Phi) is 2.48. The highest BCUT2D eigenvalue weighted by molar-refractivity contribution is 5.33. The molecule has 5 heteroatoms. The quantitative estimate of drug-likeness (QED) is 0.673. The van der Waals surface area contributed by atoms with Crippen molar-refractivity contribution in [3.05, 3.63) is 22.2 Å². The molecule has 3 N–H and O–H groups in total. The molecule has 1 aromatic rings. The Labute approximate surface area is 87.6 Å². The molecule has 0 unspecified atom stereocenters. The van der Waals surface area contributed by atoms with E-state index >= 15 is 0 Å².